The Morgan fingerprint density at radius 1 is 1.30 bits per heavy atom. The van der Waals surface area contributed by atoms with Crippen molar-refractivity contribution in [1.82, 2.24) is 10.2 Å². The minimum Gasteiger partial charge on any atom is -0.476 e. The highest BCUT2D eigenvalue weighted by atomic mass is 16.5. The van der Waals surface area contributed by atoms with Gasteiger partial charge in [0.2, 0.25) is 5.88 Å². The largest absolute Gasteiger partial charge is 0.476 e. The topological polar surface area (TPSA) is 93.6 Å². The first-order valence-corrected chi connectivity index (χ1v) is 7.08. The molecule has 3 N–H and O–H groups in total. The SMILES string of the molecule is Cc1nnc(OCC2CCCCC2)c(C(N)=NO)c1C. The van der Waals surface area contributed by atoms with Gasteiger partial charge in [0.1, 0.15) is 0 Å². The molecule has 0 atom stereocenters. The van der Waals surface area contributed by atoms with E-state index in [1.54, 1.807) is 0 Å². The molecule has 2 rings (SSSR count). The van der Waals surface area contributed by atoms with Crippen LogP contribution in [-0.2, 0) is 0 Å². The van der Waals surface area contributed by atoms with Gasteiger partial charge in [0, 0.05) is 0 Å². The monoisotopic (exact) mass is 278 g/mol. The summed E-state index contributed by atoms with van der Waals surface area (Å²) in [6, 6.07) is 0. The molecule has 0 aliphatic heterocycles. The number of oxime groups is 1. The lowest BCUT2D eigenvalue weighted by Crippen LogP contribution is -2.21. The summed E-state index contributed by atoms with van der Waals surface area (Å²) in [7, 11) is 0. The van der Waals surface area contributed by atoms with E-state index in [0.29, 0.717) is 24.0 Å². The zero-order valence-corrected chi connectivity index (χ0v) is 12.1. The van der Waals surface area contributed by atoms with E-state index < -0.39 is 0 Å². The Morgan fingerprint density at radius 3 is 2.65 bits per heavy atom. The zero-order chi connectivity index (χ0) is 14.5. The van der Waals surface area contributed by atoms with E-state index in [0.717, 1.165) is 11.3 Å². The lowest BCUT2D eigenvalue weighted by atomic mass is 9.90. The number of hydrogen-bond donors (Lipinski definition) is 2. The van der Waals surface area contributed by atoms with Gasteiger partial charge in [-0.15, -0.1) is 5.10 Å². The molecular weight excluding hydrogens is 256 g/mol. The number of nitrogens with zero attached hydrogens (tertiary/aromatic N) is 3. The maximum atomic E-state index is 8.90. The Morgan fingerprint density at radius 2 is 2.00 bits per heavy atom. The van der Waals surface area contributed by atoms with Crippen molar-refractivity contribution in [3.63, 3.8) is 0 Å². The van der Waals surface area contributed by atoms with Crippen LogP contribution in [0.25, 0.3) is 0 Å². The Balaban J connectivity index is 2.16. The minimum absolute atomic E-state index is 0.0131. The third-order valence-electron chi connectivity index (χ3n) is 3.97. The Labute approximate surface area is 119 Å². The molecule has 1 aliphatic rings. The van der Waals surface area contributed by atoms with E-state index in [9.17, 15) is 0 Å². The predicted octanol–water partition coefficient (Wildman–Crippen LogP) is 2.15. The van der Waals surface area contributed by atoms with Gasteiger partial charge in [-0.05, 0) is 38.2 Å². The van der Waals surface area contributed by atoms with Gasteiger partial charge in [0.15, 0.2) is 5.84 Å². The Hall–Kier alpha value is -1.85. The van der Waals surface area contributed by atoms with Crippen LogP contribution < -0.4 is 10.5 Å². The van der Waals surface area contributed by atoms with Gasteiger partial charge in [-0.1, -0.05) is 24.4 Å². The fourth-order valence-corrected chi connectivity index (χ4v) is 2.59. The van der Waals surface area contributed by atoms with Crippen LogP contribution in [0.3, 0.4) is 0 Å². The van der Waals surface area contributed by atoms with Gasteiger partial charge in [-0.3, -0.25) is 0 Å². The molecule has 1 heterocycles. The molecule has 0 bridgehead atoms. The van der Waals surface area contributed by atoms with Crippen molar-refractivity contribution < 1.29 is 9.94 Å². The molecule has 0 aromatic carbocycles. The normalized spacial score (nSPS) is 17.2. The first kappa shape index (κ1) is 14.6. The molecule has 0 saturated heterocycles. The highest BCUT2D eigenvalue weighted by molar-refractivity contribution is 6.00. The average Bonchev–Trinajstić information content (AvgIpc) is 2.48. The highest BCUT2D eigenvalue weighted by Crippen LogP contribution is 2.26. The lowest BCUT2D eigenvalue weighted by Gasteiger charge is -2.22. The molecule has 1 aliphatic carbocycles. The van der Waals surface area contributed by atoms with Crippen LogP contribution in [0, 0.1) is 19.8 Å². The van der Waals surface area contributed by atoms with Gasteiger partial charge in [0.25, 0.3) is 0 Å². The summed E-state index contributed by atoms with van der Waals surface area (Å²) in [6.07, 6.45) is 6.23. The number of rotatable bonds is 4. The lowest BCUT2D eigenvalue weighted by molar-refractivity contribution is 0.200. The molecule has 0 spiro atoms. The molecule has 6 heteroatoms. The molecule has 0 unspecified atom stereocenters. The van der Waals surface area contributed by atoms with Crippen molar-refractivity contribution >= 4 is 5.84 Å². The van der Waals surface area contributed by atoms with Crippen LogP contribution in [0.5, 0.6) is 5.88 Å². The number of nitrogens with two attached hydrogens (primary N) is 1. The molecule has 6 nitrogen and oxygen atoms in total. The summed E-state index contributed by atoms with van der Waals surface area (Å²) in [5, 5.41) is 20.1. The second-order valence-corrected chi connectivity index (χ2v) is 5.39. The fraction of sp³-hybridized carbons (Fsp3) is 0.643. The van der Waals surface area contributed by atoms with Crippen LogP contribution in [-0.4, -0.2) is 27.8 Å². The summed E-state index contributed by atoms with van der Waals surface area (Å²) in [4.78, 5) is 0. The van der Waals surface area contributed by atoms with Crippen molar-refractivity contribution in [3.05, 3.63) is 16.8 Å². The number of aromatic nitrogens is 2. The van der Waals surface area contributed by atoms with Crippen LogP contribution in [0.15, 0.2) is 5.16 Å². The first-order chi connectivity index (χ1) is 9.63. The molecule has 1 aromatic rings. The molecule has 1 saturated carbocycles. The second-order valence-electron chi connectivity index (χ2n) is 5.39. The summed E-state index contributed by atoms with van der Waals surface area (Å²) in [6.45, 7) is 4.31. The van der Waals surface area contributed by atoms with Crippen molar-refractivity contribution in [2.75, 3.05) is 6.61 Å². The van der Waals surface area contributed by atoms with Gasteiger partial charge in [0.05, 0.1) is 17.9 Å². The van der Waals surface area contributed by atoms with Gasteiger partial charge < -0.3 is 15.7 Å². The van der Waals surface area contributed by atoms with E-state index >= 15 is 0 Å². The maximum Gasteiger partial charge on any atom is 0.244 e. The number of aryl methyl sites for hydroxylation is 1. The first-order valence-electron chi connectivity index (χ1n) is 7.08. The minimum atomic E-state index is 0.0131. The highest BCUT2D eigenvalue weighted by Gasteiger charge is 2.19. The molecular formula is C14H22N4O2. The van der Waals surface area contributed by atoms with Gasteiger partial charge in [-0.25, -0.2) is 0 Å². The zero-order valence-electron chi connectivity index (χ0n) is 12.1. The van der Waals surface area contributed by atoms with Crippen LogP contribution in [0.1, 0.15) is 48.9 Å². The Bertz CT molecular complexity index is 496. The molecule has 1 fully saturated rings. The maximum absolute atomic E-state index is 8.90. The van der Waals surface area contributed by atoms with Crippen molar-refractivity contribution in [3.8, 4) is 5.88 Å². The molecule has 110 valence electrons. The quantitative estimate of drug-likeness (QED) is 0.381. The van der Waals surface area contributed by atoms with E-state index in [2.05, 4.69) is 15.4 Å². The Kier molecular flexibility index (Phi) is 4.76. The number of ether oxygens (including phenoxy) is 1. The summed E-state index contributed by atoms with van der Waals surface area (Å²) in [5.41, 5.74) is 7.84. The molecule has 0 radical (unpaired) electrons. The third kappa shape index (κ3) is 3.18. The predicted molar refractivity (Wildman–Crippen MR) is 76.1 cm³/mol. The number of amidine groups is 1. The van der Waals surface area contributed by atoms with E-state index in [1.165, 1.54) is 32.1 Å². The van der Waals surface area contributed by atoms with Crippen molar-refractivity contribution in [1.29, 1.82) is 0 Å². The van der Waals surface area contributed by atoms with Crippen LogP contribution >= 0.6 is 0 Å². The smallest absolute Gasteiger partial charge is 0.244 e. The average molecular weight is 278 g/mol. The summed E-state index contributed by atoms with van der Waals surface area (Å²) in [5.74, 6) is 0.931. The second kappa shape index (κ2) is 6.54. The standard InChI is InChI=1S/C14H22N4O2/c1-9-10(2)16-17-14(12(9)13(15)18-19)20-8-11-6-4-3-5-7-11/h11,19H,3-8H2,1-2H3,(H2,15,18). The van der Waals surface area contributed by atoms with E-state index in [1.807, 2.05) is 13.8 Å². The third-order valence-corrected chi connectivity index (χ3v) is 3.97. The molecule has 0 amide bonds. The van der Waals surface area contributed by atoms with Gasteiger partial charge in [-0.2, -0.15) is 5.10 Å². The molecule has 1 aromatic heterocycles. The number of hydrogen-bond acceptors (Lipinski definition) is 5. The van der Waals surface area contributed by atoms with E-state index in [4.69, 9.17) is 15.7 Å². The van der Waals surface area contributed by atoms with Crippen LogP contribution in [0.4, 0.5) is 0 Å². The van der Waals surface area contributed by atoms with Crippen LogP contribution in [0.2, 0.25) is 0 Å². The molecule has 20 heavy (non-hydrogen) atoms. The summed E-state index contributed by atoms with van der Waals surface area (Å²) < 4.78 is 5.79. The summed E-state index contributed by atoms with van der Waals surface area (Å²) >= 11 is 0. The van der Waals surface area contributed by atoms with Crippen molar-refractivity contribution in [2.24, 2.45) is 16.8 Å². The van der Waals surface area contributed by atoms with Gasteiger partial charge >= 0.3 is 0 Å². The fourth-order valence-electron chi connectivity index (χ4n) is 2.59. The van der Waals surface area contributed by atoms with E-state index in [-0.39, 0.29) is 5.84 Å². The van der Waals surface area contributed by atoms with Crippen molar-refractivity contribution in [2.45, 2.75) is 46.0 Å².